The number of halogens is 3. The van der Waals surface area contributed by atoms with Crippen LogP contribution in [0.25, 0.3) is 0 Å². The first-order chi connectivity index (χ1) is 15.2. The number of rotatable bonds is 8. The minimum Gasteiger partial charge on any atom is -0.355 e. The zero-order valence-corrected chi connectivity index (χ0v) is 20.0. The number of hydrogen-bond donors (Lipinski definition) is 1. The molecule has 0 aliphatic rings. The molecule has 1 aromatic heterocycles. The minimum absolute atomic E-state index is 0.130. The van der Waals surface area contributed by atoms with Crippen LogP contribution in [0.1, 0.15) is 22.4 Å². The van der Waals surface area contributed by atoms with Crippen LogP contribution in [-0.2, 0) is 24.7 Å². The van der Waals surface area contributed by atoms with E-state index in [1.54, 1.807) is 38.2 Å². The van der Waals surface area contributed by atoms with E-state index in [2.05, 4.69) is 10.3 Å². The second kappa shape index (κ2) is 11.0. The Morgan fingerprint density at radius 1 is 1.19 bits per heavy atom. The van der Waals surface area contributed by atoms with Crippen LogP contribution in [0.4, 0.5) is 4.39 Å². The van der Waals surface area contributed by atoms with Gasteiger partial charge in [-0.15, -0.1) is 0 Å². The number of hydrogen-bond acceptors (Lipinski definition) is 4. The fourth-order valence-electron chi connectivity index (χ4n) is 3.11. The summed E-state index contributed by atoms with van der Waals surface area (Å²) in [6.45, 7) is 2.20. The average Bonchev–Trinajstić information content (AvgIpc) is 2.75. The number of nitrogens with one attached hydrogen (secondary N) is 1. The molecule has 0 aliphatic carbocycles. The summed E-state index contributed by atoms with van der Waals surface area (Å²) in [6.07, 6.45) is 0.949. The van der Waals surface area contributed by atoms with Gasteiger partial charge in [-0.1, -0.05) is 53.2 Å². The van der Waals surface area contributed by atoms with E-state index in [0.29, 0.717) is 45.8 Å². The molecule has 1 heterocycles. The highest BCUT2D eigenvalue weighted by molar-refractivity contribution is 7.99. The molecule has 1 N–H and O–H groups in total. The largest absolute Gasteiger partial charge is 0.355 e. The van der Waals surface area contributed by atoms with Gasteiger partial charge in [-0.2, -0.15) is 0 Å². The van der Waals surface area contributed by atoms with Crippen molar-refractivity contribution >= 4 is 40.9 Å². The van der Waals surface area contributed by atoms with Gasteiger partial charge in [-0.3, -0.25) is 14.2 Å². The molecule has 5 nitrogen and oxygen atoms in total. The summed E-state index contributed by atoms with van der Waals surface area (Å²) in [5.41, 5.74) is 2.70. The van der Waals surface area contributed by atoms with Crippen LogP contribution in [0.2, 0.25) is 10.0 Å². The Bertz CT molecular complexity index is 1180. The monoisotopic (exact) mass is 493 g/mol. The Balaban J connectivity index is 1.58. The third-order valence-corrected chi connectivity index (χ3v) is 6.52. The molecule has 0 unspecified atom stereocenters. The third kappa shape index (κ3) is 6.34. The zero-order valence-electron chi connectivity index (χ0n) is 17.6. The van der Waals surface area contributed by atoms with Gasteiger partial charge in [0.15, 0.2) is 5.16 Å². The number of thioether (sulfide) groups is 1. The lowest BCUT2D eigenvalue weighted by Crippen LogP contribution is -2.29. The van der Waals surface area contributed by atoms with Gasteiger partial charge < -0.3 is 5.32 Å². The van der Waals surface area contributed by atoms with Gasteiger partial charge in [-0.05, 0) is 48.7 Å². The summed E-state index contributed by atoms with van der Waals surface area (Å²) in [4.78, 5) is 29.6. The third-order valence-electron chi connectivity index (χ3n) is 4.91. The van der Waals surface area contributed by atoms with Crippen molar-refractivity contribution in [3.8, 4) is 0 Å². The molecule has 168 valence electrons. The van der Waals surface area contributed by atoms with E-state index < -0.39 is 0 Å². The first-order valence-electron chi connectivity index (χ1n) is 9.89. The maximum Gasteiger partial charge on any atom is 0.257 e. The van der Waals surface area contributed by atoms with Crippen molar-refractivity contribution in [3.05, 3.63) is 91.1 Å². The van der Waals surface area contributed by atoms with Crippen LogP contribution >= 0.6 is 35.0 Å². The van der Waals surface area contributed by atoms with E-state index in [1.165, 1.54) is 28.5 Å². The van der Waals surface area contributed by atoms with Crippen LogP contribution in [0.5, 0.6) is 0 Å². The summed E-state index contributed by atoms with van der Waals surface area (Å²) in [5.74, 6) is -0.356. The van der Waals surface area contributed by atoms with Gasteiger partial charge >= 0.3 is 0 Å². The molecule has 0 bridgehead atoms. The van der Waals surface area contributed by atoms with Gasteiger partial charge in [0.05, 0.1) is 5.75 Å². The molecule has 2 aromatic carbocycles. The quantitative estimate of drug-likeness (QED) is 0.368. The van der Waals surface area contributed by atoms with Gasteiger partial charge in [-0.25, -0.2) is 9.37 Å². The molecule has 0 saturated heterocycles. The first-order valence-corrected chi connectivity index (χ1v) is 11.6. The summed E-state index contributed by atoms with van der Waals surface area (Å²) in [7, 11) is 1.63. The SMILES string of the molecule is Cc1nc(SCC(=O)NCCc2ccc(Cl)cc2Cl)n(C)c(=O)c1Cc1ccc(F)cc1. The van der Waals surface area contributed by atoms with Crippen molar-refractivity contribution in [3.63, 3.8) is 0 Å². The molecule has 0 spiro atoms. The van der Waals surface area contributed by atoms with Gasteiger partial charge in [0.1, 0.15) is 5.82 Å². The molecule has 0 aliphatic heterocycles. The molecule has 3 aromatic rings. The Kier molecular flexibility index (Phi) is 8.34. The van der Waals surface area contributed by atoms with Crippen LogP contribution in [0.15, 0.2) is 52.4 Å². The van der Waals surface area contributed by atoms with Gasteiger partial charge in [0, 0.05) is 41.3 Å². The number of carbonyl (C=O) groups excluding carboxylic acids is 1. The molecule has 0 fully saturated rings. The Hall–Kier alpha value is -2.35. The molecule has 9 heteroatoms. The maximum absolute atomic E-state index is 13.1. The molecule has 0 radical (unpaired) electrons. The van der Waals surface area contributed by atoms with E-state index in [4.69, 9.17) is 23.2 Å². The standard InChI is InChI=1S/C23H22Cl2FN3O2S/c1-14-19(11-15-3-7-18(26)8-4-15)22(31)29(2)23(28-14)32-13-21(30)27-10-9-16-5-6-17(24)12-20(16)25/h3-8,12H,9-11,13H2,1-2H3,(H,27,30). The lowest BCUT2D eigenvalue weighted by molar-refractivity contribution is -0.118. The lowest BCUT2D eigenvalue weighted by Gasteiger charge is -2.12. The van der Waals surface area contributed by atoms with Crippen molar-refractivity contribution in [1.82, 2.24) is 14.9 Å². The Labute approximate surface area is 200 Å². The fraction of sp³-hybridized carbons (Fsp3) is 0.261. The van der Waals surface area contributed by atoms with Crippen LogP contribution in [-0.4, -0.2) is 27.8 Å². The fourth-order valence-corrected chi connectivity index (χ4v) is 4.45. The first kappa shape index (κ1) is 24.3. The highest BCUT2D eigenvalue weighted by Crippen LogP contribution is 2.21. The van der Waals surface area contributed by atoms with Crippen molar-refractivity contribution < 1.29 is 9.18 Å². The molecular formula is C23H22Cl2FN3O2S. The number of carbonyl (C=O) groups is 1. The molecule has 3 rings (SSSR count). The van der Waals surface area contributed by atoms with Crippen molar-refractivity contribution in [2.45, 2.75) is 24.9 Å². The predicted octanol–water partition coefficient (Wildman–Crippen LogP) is 4.58. The highest BCUT2D eigenvalue weighted by Gasteiger charge is 2.14. The van der Waals surface area contributed by atoms with Gasteiger partial charge in [0.2, 0.25) is 5.91 Å². The summed E-state index contributed by atoms with van der Waals surface area (Å²) in [6, 6.07) is 11.3. The van der Waals surface area contributed by atoms with E-state index in [1.807, 2.05) is 6.07 Å². The van der Waals surface area contributed by atoms with E-state index >= 15 is 0 Å². The Morgan fingerprint density at radius 2 is 1.91 bits per heavy atom. The highest BCUT2D eigenvalue weighted by atomic mass is 35.5. The normalized spacial score (nSPS) is 10.9. The number of benzene rings is 2. The second-order valence-corrected chi connectivity index (χ2v) is 9.04. The van der Waals surface area contributed by atoms with Crippen LogP contribution in [0.3, 0.4) is 0 Å². The molecular weight excluding hydrogens is 472 g/mol. The minimum atomic E-state index is -0.321. The van der Waals surface area contributed by atoms with Crippen molar-refractivity contribution in [1.29, 1.82) is 0 Å². The van der Waals surface area contributed by atoms with E-state index in [-0.39, 0.29) is 23.0 Å². The molecule has 1 amide bonds. The van der Waals surface area contributed by atoms with Crippen LogP contribution < -0.4 is 10.9 Å². The summed E-state index contributed by atoms with van der Waals surface area (Å²) >= 11 is 13.2. The molecule has 0 atom stereocenters. The summed E-state index contributed by atoms with van der Waals surface area (Å²) in [5, 5.41) is 4.44. The van der Waals surface area contributed by atoms with E-state index in [0.717, 1.165) is 11.1 Å². The van der Waals surface area contributed by atoms with Crippen LogP contribution in [0, 0.1) is 12.7 Å². The number of nitrogens with zero attached hydrogens (tertiary/aromatic N) is 2. The maximum atomic E-state index is 13.1. The number of amides is 1. The number of aryl methyl sites for hydroxylation is 1. The van der Waals surface area contributed by atoms with E-state index in [9.17, 15) is 14.0 Å². The smallest absolute Gasteiger partial charge is 0.257 e. The van der Waals surface area contributed by atoms with Crippen molar-refractivity contribution in [2.75, 3.05) is 12.3 Å². The summed E-state index contributed by atoms with van der Waals surface area (Å²) < 4.78 is 14.6. The average molecular weight is 494 g/mol. The zero-order chi connectivity index (χ0) is 23.3. The lowest BCUT2D eigenvalue weighted by atomic mass is 10.1. The topological polar surface area (TPSA) is 64.0 Å². The second-order valence-electron chi connectivity index (χ2n) is 7.25. The molecule has 0 saturated carbocycles. The number of aromatic nitrogens is 2. The molecule has 32 heavy (non-hydrogen) atoms. The van der Waals surface area contributed by atoms with Gasteiger partial charge in [0.25, 0.3) is 5.56 Å². The predicted molar refractivity (Wildman–Crippen MR) is 127 cm³/mol. The van der Waals surface area contributed by atoms with Crippen molar-refractivity contribution in [2.24, 2.45) is 7.05 Å². The Morgan fingerprint density at radius 3 is 2.59 bits per heavy atom.